The number of nitrogens with one attached hydrogen (secondary N) is 1. The summed E-state index contributed by atoms with van der Waals surface area (Å²) in [5, 5.41) is 3.71. The fourth-order valence-corrected chi connectivity index (χ4v) is 1.64. The van der Waals surface area contributed by atoms with Gasteiger partial charge >= 0.3 is 0 Å². The lowest BCUT2D eigenvalue weighted by molar-refractivity contribution is 0.415. The van der Waals surface area contributed by atoms with Crippen molar-refractivity contribution in [3.05, 3.63) is 41.0 Å². The number of hydrogen-bond acceptors (Lipinski definition) is 4. The van der Waals surface area contributed by atoms with E-state index in [1.807, 2.05) is 6.92 Å². The Morgan fingerprint density at radius 3 is 2.78 bits per heavy atom. The zero-order chi connectivity index (χ0) is 13.1. The molecular weight excluding hydrogens is 250 g/mol. The molecule has 3 N–H and O–H groups in total. The van der Waals surface area contributed by atoms with Gasteiger partial charge in [0, 0.05) is 24.0 Å². The second kappa shape index (κ2) is 5.14. The van der Waals surface area contributed by atoms with Gasteiger partial charge < -0.3 is 15.8 Å². The first kappa shape index (κ1) is 12.5. The Labute approximate surface area is 111 Å². The van der Waals surface area contributed by atoms with Gasteiger partial charge in [0.1, 0.15) is 11.6 Å². The minimum Gasteiger partial charge on any atom is -0.497 e. The molecule has 0 radical (unpaired) electrons. The van der Waals surface area contributed by atoms with E-state index in [9.17, 15) is 0 Å². The maximum absolute atomic E-state index is 6.10. The highest BCUT2D eigenvalue weighted by atomic mass is 35.5. The highest BCUT2D eigenvalue weighted by molar-refractivity contribution is 6.33. The first-order chi connectivity index (χ1) is 8.60. The minimum atomic E-state index is 0.594. The summed E-state index contributed by atoms with van der Waals surface area (Å²) in [5.41, 5.74) is 8.19. The van der Waals surface area contributed by atoms with Crippen molar-refractivity contribution in [1.82, 2.24) is 4.98 Å². The van der Waals surface area contributed by atoms with Gasteiger partial charge in [0.05, 0.1) is 17.8 Å². The molecule has 0 aliphatic heterocycles. The van der Waals surface area contributed by atoms with Crippen LogP contribution < -0.4 is 15.8 Å². The summed E-state index contributed by atoms with van der Waals surface area (Å²) in [6.07, 6.45) is 1.71. The third-order valence-corrected chi connectivity index (χ3v) is 2.91. The number of nitrogens with zero attached hydrogens (tertiary/aromatic N) is 1. The smallest absolute Gasteiger partial charge is 0.132 e. The molecule has 0 amide bonds. The minimum absolute atomic E-state index is 0.594. The topological polar surface area (TPSA) is 60.2 Å². The van der Waals surface area contributed by atoms with Crippen LogP contribution in [0.3, 0.4) is 0 Å². The molecule has 2 aromatic rings. The zero-order valence-electron chi connectivity index (χ0n) is 10.2. The Bertz CT molecular complexity index is 572. The summed E-state index contributed by atoms with van der Waals surface area (Å²) in [7, 11) is 1.61. The van der Waals surface area contributed by atoms with E-state index in [4.69, 9.17) is 22.1 Å². The average Bonchev–Trinajstić information content (AvgIpc) is 2.36. The summed E-state index contributed by atoms with van der Waals surface area (Å²) in [5.74, 6) is 1.37. The number of anilines is 3. The first-order valence-electron chi connectivity index (χ1n) is 5.43. The van der Waals surface area contributed by atoms with Crippen LogP contribution in [-0.4, -0.2) is 12.1 Å². The number of nitrogens with two attached hydrogens (primary N) is 1. The van der Waals surface area contributed by atoms with E-state index >= 15 is 0 Å². The second-order valence-corrected chi connectivity index (χ2v) is 4.30. The maximum Gasteiger partial charge on any atom is 0.132 e. The zero-order valence-corrected chi connectivity index (χ0v) is 11.0. The van der Waals surface area contributed by atoms with E-state index in [-0.39, 0.29) is 0 Å². The van der Waals surface area contributed by atoms with Crippen LogP contribution in [-0.2, 0) is 0 Å². The third-order valence-electron chi connectivity index (χ3n) is 2.58. The summed E-state index contributed by atoms with van der Waals surface area (Å²) in [6, 6.07) is 7.13. The lowest BCUT2D eigenvalue weighted by Gasteiger charge is -2.10. The molecular formula is C13H14ClN3O. The molecule has 0 saturated heterocycles. The molecule has 0 fully saturated rings. The van der Waals surface area contributed by atoms with Crippen molar-refractivity contribution in [2.75, 3.05) is 18.2 Å². The van der Waals surface area contributed by atoms with E-state index in [1.165, 1.54) is 0 Å². The van der Waals surface area contributed by atoms with Crippen LogP contribution in [0, 0.1) is 6.92 Å². The summed E-state index contributed by atoms with van der Waals surface area (Å²) >= 11 is 6.10. The van der Waals surface area contributed by atoms with Gasteiger partial charge in [0.2, 0.25) is 0 Å². The largest absolute Gasteiger partial charge is 0.497 e. The Balaban J connectivity index is 2.30. The second-order valence-electron chi connectivity index (χ2n) is 3.90. The summed E-state index contributed by atoms with van der Waals surface area (Å²) < 4.78 is 5.15. The summed E-state index contributed by atoms with van der Waals surface area (Å²) in [6.45, 7) is 1.91. The van der Waals surface area contributed by atoms with Gasteiger partial charge in [-0.25, -0.2) is 4.98 Å². The molecule has 0 saturated carbocycles. The van der Waals surface area contributed by atoms with Crippen molar-refractivity contribution in [2.45, 2.75) is 6.92 Å². The van der Waals surface area contributed by atoms with Crippen LogP contribution in [0.15, 0.2) is 30.5 Å². The number of benzene rings is 1. The lowest BCUT2D eigenvalue weighted by atomic mass is 10.2. The fourth-order valence-electron chi connectivity index (χ4n) is 1.47. The number of hydrogen-bond donors (Lipinski definition) is 2. The number of rotatable bonds is 3. The van der Waals surface area contributed by atoms with E-state index in [0.29, 0.717) is 16.5 Å². The van der Waals surface area contributed by atoms with E-state index in [2.05, 4.69) is 10.3 Å². The van der Waals surface area contributed by atoms with Crippen LogP contribution in [0.2, 0.25) is 5.02 Å². The van der Waals surface area contributed by atoms with Gasteiger partial charge in [-0.1, -0.05) is 11.6 Å². The van der Waals surface area contributed by atoms with Crippen molar-refractivity contribution in [2.24, 2.45) is 0 Å². The highest BCUT2D eigenvalue weighted by Gasteiger charge is 2.05. The van der Waals surface area contributed by atoms with Crippen molar-refractivity contribution in [3.63, 3.8) is 0 Å². The summed E-state index contributed by atoms with van der Waals surface area (Å²) in [4.78, 5) is 4.24. The van der Waals surface area contributed by atoms with E-state index in [1.54, 1.807) is 37.6 Å². The van der Waals surface area contributed by atoms with Crippen molar-refractivity contribution in [3.8, 4) is 5.75 Å². The van der Waals surface area contributed by atoms with Crippen LogP contribution in [0.4, 0.5) is 17.2 Å². The molecule has 1 heterocycles. The molecule has 0 aliphatic carbocycles. The van der Waals surface area contributed by atoms with Crippen LogP contribution in [0.25, 0.3) is 0 Å². The molecule has 0 bridgehead atoms. The van der Waals surface area contributed by atoms with Gasteiger partial charge in [0.15, 0.2) is 0 Å². The normalized spacial score (nSPS) is 10.2. The molecule has 0 atom stereocenters. The average molecular weight is 264 g/mol. The number of halogens is 1. The standard InChI is InChI=1S/C13H14ClN3O/c1-8-7-16-13(6-11(8)15)17-12-5-9(18-2)3-4-10(12)14/h3-7H,1-2H3,(H3,15,16,17). The first-order valence-corrected chi connectivity index (χ1v) is 5.80. The van der Waals surface area contributed by atoms with E-state index < -0.39 is 0 Å². The Morgan fingerprint density at radius 1 is 1.33 bits per heavy atom. The molecule has 1 aromatic carbocycles. The predicted octanol–water partition coefficient (Wildman–Crippen LogP) is 3.38. The van der Waals surface area contributed by atoms with Gasteiger partial charge in [-0.05, 0) is 24.6 Å². The van der Waals surface area contributed by atoms with Crippen LogP contribution >= 0.6 is 11.6 Å². The van der Waals surface area contributed by atoms with Gasteiger partial charge in [-0.15, -0.1) is 0 Å². The Kier molecular flexibility index (Phi) is 3.58. The number of aryl methyl sites for hydroxylation is 1. The molecule has 94 valence electrons. The number of methoxy groups -OCH3 is 1. The van der Waals surface area contributed by atoms with Crippen molar-refractivity contribution < 1.29 is 4.74 Å². The number of pyridine rings is 1. The Hall–Kier alpha value is -1.94. The maximum atomic E-state index is 6.10. The highest BCUT2D eigenvalue weighted by Crippen LogP contribution is 2.29. The van der Waals surface area contributed by atoms with E-state index in [0.717, 1.165) is 17.0 Å². The van der Waals surface area contributed by atoms with Crippen molar-refractivity contribution >= 4 is 28.8 Å². The predicted molar refractivity (Wildman–Crippen MR) is 74.7 cm³/mol. The van der Waals surface area contributed by atoms with Crippen molar-refractivity contribution in [1.29, 1.82) is 0 Å². The molecule has 0 spiro atoms. The number of aromatic nitrogens is 1. The van der Waals surface area contributed by atoms with Crippen LogP contribution in [0.1, 0.15) is 5.56 Å². The third kappa shape index (κ3) is 2.65. The fraction of sp³-hybridized carbons (Fsp3) is 0.154. The monoisotopic (exact) mass is 263 g/mol. The molecule has 0 unspecified atom stereocenters. The van der Waals surface area contributed by atoms with Gasteiger partial charge in [-0.3, -0.25) is 0 Å². The number of ether oxygens (including phenoxy) is 1. The Morgan fingerprint density at radius 2 is 2.11 bits per heavy atom. The SMILES string of the molecule is COc1ccc(Cl)c(Nc2cc(N)c(C)cn2)c1. The molecule has 5 heteroatoms. The molecule has 0 aliphatic rings. The quantitative estimate of drug-likeness (QED) is 0.891. The van der Waals surface area contributed by atoms with Crippen LogP contribution in [0.5, 0.6) is 5.75 Å². The van der Waals surface area contributed by atoms with Gasteiger partial charge in [0.25, 0.3) is 0 Å². The molecule has 2 rings (SSSR count). The van der Waals surface area contributed by atoms with Gasteiger partial charge in [-0.2, -0.15) is 0 Å². The lowest BCUT2D eigenvalue weighted by Crippen LogP contribution is -1.98. The molecule has 1 aromatic heterocycles. The molecule has 4 nitrogen and oxygen atoms in total. The number of nitrogen functional groups attached to an aromatic ring is 1. The molecule has 18 heavy (non-hydrogen) atoms.